The summed E-state index contributed by atoms with van der Waals surface area (Å²) < 4.78 is 22.8. The molecule has 0 aromatic heterocycles. The molecule has 1 aromatic carbocycles. The van der Waals surface area contributed by atoms with Crippen LogP contribution in [-0.4, -0.2) is 18.1 Å². The van der Waals surface area contributed by atoms with Gasteiger partial charge in [0.05, 0.1) is 23.7 Å². The second kappa shape index (κ2) is 7.15. The molecule has 7 nitrogen and oxygen atoms in total. The number of nitrogens with zero attached hydrogens (tertiary/aromatic N) is 1. The molecule has 20 heavy (non-hydrogen) atoms. The minimum atomic E-state index is -3.70. The number of nitro groups is 1. The summed E-state index contributed by atoms with van der Waals surface area (Å²) in [4.78, 5) is 10.4. The van der Waals surface area contributed by atoms with Crippen molar-refractivity contribution in [2.45, 2.75) is 19.6 Å². The highest BCUT2D eigenvalue weighted by Gasteiger charge is 2.37. The zero-order chi connectivity index (χ0) is 15.3. The van der Waals surface area contributed by atoms with Crippen LogP contribution in [0.2, 0.25) is 5.02 Å². The minimum Gasteiger partial charge on any atom is -0.314 e. The van der Waals surface area contributed by atoms with E-state index in [9.17, 15) is 14.7 Å². The molecule has 2 N–H and O–H groups in total. The maximum absolute atomic E-state index is 12.6. The quantitative estimate of drug-likeness (QED) is 0.468. The van der Waals surface area contributed by atoms with Crippen LogP contribution in [0.4, 0.5) is 5.69 Å². The summed E-state index contributed by atoms with van der Waals surface area (Å²) in [5, 5.41) is 11.3. The van der Waals surface area contributed by atoms with Crippen molar-refractivity contribution >= 4 is 24.9 Å². The fraction of sp³-hybridized carbons (Fsp3) is 0.455. The van der Waals surface area contributed by atoms with E-state index < -0.39 is 18.3 Å². The highest BCUT2D eigenvalue weighted by Crippen LogP contribution is 2.59. The van der Waals surface area contributed by atoms with Crippen molar-refractivity contribution in [1.29, 1.82) is 0 Å². The third-order valence-corrected chi connectivity index (χ3v) is 4.89. The van der Waals surface area contributed by atoms with Gasteiger partial charge in [0, 0.05) is 11.1 Å². The predicted octanol–water partition coefficient (Wildman–Crippen LogP) is 3.47. The summed E-state index contributed by atoms with van der Waals surface area (Å²) in [5.41, 5.74) is 5.62. The van der Waals surface area contributed by atoms with Crippen molar-refractivity contribution in [2.75, 3.05) is 13.2 Å². The predicted molar refractivity (Wildman–Crippen MR) is 75.9 cm³/mol. The van der Waals surface area contributed by atoms with E-state index in [1.54, 1.807) is 13.8 Å². The summed E-state index contributed by atoms with van der Waals surface area (Å²) in [5.74, 6) is -1.28. The number of hydrogen-bond acceptors (Lipinski definition) is 6. The van der Waals surface area contributed by atoms with E-state index in [4.69, 9.17) is 26.4 Å². The average molecular weight is 323 g/mol. The Morgan fingerprint density at radius 2 is 1.95 bits per heavy atom. The van der Waals surface area contributed by atoms with Gasteiger partial charge in [0.1, 0.15) is 5.78 Å². The van der Waals surface area contributed by atoms with Crippen LogP contribution in [0.15, 0.2) is 18.2 Å². The third-order valence-electron chi connectivity index (χ3n) is 2.46. The van der Waals surface area contributed by atoms with E-state index >= 15 is 0 Å². The summed E-state index contributed by atoms with van der Waals surface area (Å²) >= 11 is 5.82. The van der Waals surface area contributed by atoms with Gasteiger partial charge in [0.2, 0.25) is 0 Å². The Morgan fingerprint density at radius 1 is 1.40 bits per heavy atom. The Balaban J connectivity index is 3.30. The fourth-order valence-corrected chi connectivity index (χ4v) is 3.50. The van der Waals surface area contributed by atoms with E-state index in [0.29, 0.717) is 0 Å². The van der Waals surface area contributed by atoms with Gasteiger partial charge in [-0.15, -0.1) is 0 Å². The molecular formula is C11H16ClN2O5P. The molecule has 0 aliphatic heterocycles. The summed E-state index contributed by atoms with van der Waals surface area (Å²) in [6.45, 7) is 3.48. The standard InChI is InChI=1S/C11H16ClN2O5P/c1-3-18-20(17,19-4-2)11(13)9-7-8(12)5-6-10(9)14(15)16/h5-7,11H,3-4,13H2,1-2H3/t11-/m1/s1. The molecule has 0 saturated carbocycles. The van der Waals surface area contributed by atoms with Crippen molar-refractivity contribution in [1.82, 2.24) is 0 Å². The normalized spacial score (nSPS) is 13.2. The molecule has 0 aliphatic carbocycles. The molecule has 0 amide bonds. The first-order valence-electron chi connectivity index (χ1n) is 5.94. The zero-order valence-corrected chi connectivity index (χ0v) is 12.8. The summed E-state index contributed by atoms with van der Waals surface area (Å²) in [6, 6.07) is 3.87. The van der Waals surface area contributed by atoms with E-state index in [1.807, 2.05) is 0 Å². The number of hydrogen-bond donors (Lipinski definition) is 1. The van der Waals surface area contributed by atoms with Crippen LogP contribution in [0, 0.1) is 10.1 Å². The molecular weight excluding hydrogens is 307 g/mol. The van der Waals surface area contributed by atoms with Crippen molar-refractivity contribution in [3.8, 4) is 0 Å². The van der Waals surface area contributed by atoms with Gasteiger partial charge in [-0.2, -0.15) is 0 Å². The van der Waals surface area contributed by atoms with Crippen molar-refractivity contribution < 1.29 is 18.5 Å². The van der Waals surface area contributed by atoms with Crippen molar-refractivity contribution in [3.63, 3.8) is 0 Å². The third kappa shape index (κ3) is 3.77. The molecule has 0 radical (unpaired) electrons. The topological polar surface area (TPSA) is 105 Å². The average Bonchev–Trinajstić information content (AvgIpc) is 2.37. The maximum atomic E-state index is 12.6. The van der Waals surface area contributed by atoms with Gasteiger partial charge in [0.15, 0.2) is 0 Å². The van der Waals surface area contributed by atoms with Crippen molar-refractivity contribution in [2.24, 2.45) is 5.73 Å². The van der Waals surface area contributed by atoms with Crippen LogP contribution in [0.25, 0.3) is 0 Å². The molecule has 9 heteroatoms. The molecule has 0 fully saturated rings. The fourth-order valence-electron chi connectivity index (χ4n) is 1.66. The van der Waals surface area contributed by atoms with E-state index in [1.165, 1.54) is 18.2 Å². The zero-order valence-electron chi connectivity index (χ0n) is 11.1. The number of benzene rings is 1. The van der Waals surface area contributed by atoms with Gasteiger partial charge in [-0.1, -0.05) is 11.6 Å². The molecule has 0 heterocycles. The molecule has 0 unspecified atom stereocenters. The first kappa shape index (κ1) is 17.1. The lowest BCUT2D eigenvalue weighted by molar-refractivity contribution is -0.385. The van der Waals surface area contributed by atoms with Gasteiger partial charge >= 0.3 is 7.60 Å². The van der Waals surface area contributed by atoms with Crippen LogP contribution in [0.5, 0.6) is 0 Å². The molecule has 1 atom stereocenters. The maximum Gasteiger partial charge on any atom is 0.351 e. The smallest absolute Gasteiger partial charge is 0.314 e. The van der Waals surface area contributed by atoms with Crippen LogP contribution in [-0.2, 0) is 13.6 Å². The Bertz CT molecular complexity index is 530. The molecule has 1 rings (SSSR count). The van der Waals surface area contributed by atoms with Gasteiger partial charge in [-0.25, -0.2) is 0 Å². The van der Waals surface area contributed by atoms with Gasteiger partial charge in [-0.3, -0.25) is 14.7 Å². The van der Waals surface area contributed by atoms with E-state index in [2.05, 4.69) is 0 Å². The number of nitrogens with two attached hydrogens (primary N) is 1. The monoisotopic (exact) mass is 322 g/mol. The van der Waals surface area contributed by atoms with E-state index in [-0.39, 0.29) is 29.5 Å². The van der Waals surface area contributed by atoms with Crippen LogP contribution in [0.3, 0.4) is 0 Å². The molecule has 0 bridgehead atoms. The molecule has 0 spiro atoms. The highest BCUT2D eigenvalue weighted by molar-refractivity contribution is 7.54. The Hall–Kier alpha value is -0.980. The first-order chi connectivity index (χ1) is 9.35. The van der Waals surface area contributed by atoms with E-state index in [0.717, 1.165) is 0 Å². The van der Waals surface area contributed by atoms with Crippen LogP contribution in [0.1, 0.15) is 25.2 Å². The molecule has 0 saturated heterocycles. The lowest BCUT2D eigenvalue weighted by Crippen LogP contribution is -2.16. The molecule has 1 aromatic rings. The highest BCUT2D eigenvalue weighted by atomic mass is 35.5. The summed E-state index contributed by atoms with van der Waals surface area (Å²) in [7, 11) is -3.70. The lowest BCUT2D eigenvalue weighted by Gasteiger charge is -2.23. The van der Waals surface area contributed by atoms with Gasteiger partial charge in [0.25, 0.3) is 5.69 Å². The second-order valence-electron chi connectivity index (χ2n) is 3.78. The SMILES string of the molecule is CCOP(=O)(OCC)[C@@H](N)c1cc(Cl)ccc1[N+](=O)[O-]. The molecule has 0 aliphatic rings. The van der Waals surface area contributed by atoms with Crippen molar-refractivity contribution in [3.05, 3.63) is 38.9 Å². The number of halogens is 1. The van der Waals surface area contributed by atoms with Gasteiger partial charge < -0.3 is 14.8 Å². The van der Waals surface area contributed by atoms with Crippen LogP contribution < -0.4 is 5.73 Å². The second-order valence-corrected chi connectivity index (χ2v) is 6.37. The minimum absolute atomic E-state index is 0.0210. The Labute approximate surface area is 121 Å². The largest absolute Gasteiger partial charge is 0.351 e. The van der Waals surface area contributed by atoms with Gasteiger partial charge in [-0.05, 0) is 26.0 Å². The Kier molecular flexibility index (Phi) is 6.10. The first-order valence-corrected chi connectivity index (χ1v) is 7.93. The lowest BCUT2D eigenvalue weighted by atomic mass is 10.2. The summed E-state index contributed by atoms with van der Waals surface area (Å²) in [6.07, 6.45) is 0. The Morgan fingerprint density at radius 3 is 2.40 bits per heavy atom. The number of rotatable bonds is 7. The van der Waals surface area contributed by atoms with Crippen LogP contribution >= 0.6 is 19.2 Å². The molecule has 112 valence electrons. The number of nitro benzene ring substituents is 1.